The summed E-state index contributed by atoms with van der Waals surface area (Å²) in [6, 6.07) is 14.5. The molecule has 1 heterocycles. The van der Waals surface area contributed by atoms with Gasteiger partial charge >= 0.3 is 0 Å². The van der Waals surface area contributed by atoms with Crippen LogP contribution in [-0.2, 0) is 6.61 Å². The number of amides is 1. The molecule has 30 heavy (non-hydrogen) atoms. The zero-order chi connectivity index (χ0) is 21.3. The highest BCUT2D eigenvalue weighted by Gasteiger charge is 2.13. The summed E-state index contributed by atoms with van der Waals surface area (Å²) in [7, 11) is 0. The van der Waals surface area contributed by atoms with E-state index in [2.05, 4.69) is 38.1 Å². The number of hydrazone groups is 1. The van der Waals surface area contributed by atoms with E-state index in [1.165, 1.54) is 0 Å². The number of nitrogens with zero attached hydrogens (tertiary/aromatic N) is 2. The minimum Gasteiger partial charge on any atom is -0.490 e. The average molecular weight is 536 g/mol. The van der Waals surface area contributed by atoms with Crippen LogP contribution in [-0.4, -0.2) is 23.7 Å². The van der Waals surface area contributed by atoms with Gasteiger partial charge in [0.2, 0.25) is 0 Å². The van der Waals surface area contributed by atoms with Crippen LogP contribution in [0.2, 0.25) is 5.02 Å². The van der Waals surface area contributed by atoms with Crippen molar-refractivity contribution in [3.8, 4) is 11.5 Å². The van der Waals surface area contributed by atoms with Crippen LogP contribution in [0.1, 0.15) is 28.4 Å². The summed E-state index contributed by atoms with van der Waals surface area (Å²) in [6.07, 6.45) is 4.66. The van der Waals surface area contributed by atoms with Crippen LogP contribution >= 0.6 is 34.2 Å². The fraction of sp³-hybridized carbons (Fsp3) is 0.136. The maximum absolute atomic E-state index is 12.1. The van der Waals surface area contributed by atoms with Crippen LogP contribution in [0.5, 0.6) is 11.5 Å². The van der Waals surface area contributed by atoms with Gasteiger partial charge in [-0.15, -0.1) is 0 Å². The van der Waals surface area contributed by atoms with Crippen molar-refractivity contribution < 1.29 is 14.3 Å². The second-order valence-electron chi connectivity index (χ2n) is 6.08. The third-order valence-electron chi connectivity index (χ3n) is 3.98. The Morgan fingerprint density at radius 3 is 2.70 bits per heavy atom. The normalized spacial score (nSPS) is 10.8. The average Bonchev–Trinajstić information content (AvgIpc) is 2.75. The van der Waals surface area contributed by atoms with Gasteiger partial charge in [-0.1, -0.05) is 29.8 Å². The first-order valence-electron chi connectivity index (χ1n) is 9.14. The van der Waals surface area contributed by atoms with Crippen molar-refractivity contribution in [2.75, 3.05) is 6.61 Å². The molecule has 154 valence electrons. The van der Waals surface area contributed by atoms with Gasteiger partial charge in [-0.05, 0) is 65.4 Å². The summed E-state index contributed by atoms with van der Waals surface area (Å²) in [5, 5.41) is 4.69. The number of hydrogen-bond donors (Lipinski definition) is 1. The molecule has 1 aromatic heterocycles. The Morgan fingerprint density at radius 1 is 1.20 bits per heavy atom. The van der Waals surface area contributed by atoms with Gasteiger partial charge in [0.05, 0.1) is 16.4 Å². The molecule has 0 fully saturated rings. The van der Waals surface area contributed by atoms with Crippen molar-refractivity contribution in [1.82, 2.24) is 10.4 Å². The lowest BCUT2D eigenvalue weighted by molar-refractivity contribution is 0.0955. The summed E-state index contributed by atoms with van der Waals surface area (Å²) in [6.45, 7) is 2.71. The lowest BCUT2D eigenvalue weighted by Gasteiger charge is -2.15. The number of ether oxygens (including phenoxy) is 2. The molecule has 2 aromatic carbocycles. The number of carbonyl (C=O) groups is 1. The van der Waals surface area contributed by atoms with E-state index in [1.807, 2.05) is 43.3 Å². The number of pyridine rings is 1. The molecule has 1 amide bonds. The molecule has 0 atom stereocenters. The van der Waals surface area contributed by atoms with Crippen LogP contribution in [0, 0.1) is 3.57 Å². The molecule has 1 N–H and O–H groups in total. The number of carbonyl (C=O) groups excluding carboxylic acids is 1. The number of nitrogens with one attached hydrogen (secondary N) is 1. The van der Waals surface area contributed by atoms with E-state index in [1.54, 1.807) is 30.7 Å². The SMILES string of the molecule is CCOc1cc(/C=N/NC(=O)c2ccncc2)cc(I)c1OCc1ccccc1Cl. The zero-order valence-corrected chi connectivity index (χ0v) is 19.1. The van der Waals surface area contributed by atoms with E-state index < -0.39 is 0 Å². The van der Waals surface area contributed by atoms with Gasteiger partial charge in [-0.25, -0.2) is 5.43 Å². The maximum atomic E-state index is 12.1. The van der Waals surface area contributed by atoms with Crippen molar-refractivity contribution >= 4 is 46.3 Å². The van der Waals surface area contributed by atoms with Crippen LogP contribution < -0.4 is 14.9 Å². The van der Waals surface area contributed by atoms with Crippen molar-refractivity contribution in [1.29, 1.82) is 0 Å². The molecular formula is C22H19ClIN3O3. The van der Waals surface area contributed by atoms with Gasteiger partial charge < -0.3 is 9.47 Å². The molecular weight excluding hydrogens is 517 g/mol. The number of aromatic nitrogens is 1. The van der Waals surface area contributed by atoms with E-state index in [-0.39, 0.29) is 5.91 Å². The molecule has 0 aliphatic carbocycles. The molecule has 0 spiro atoms. The highest BCUT2D eigenvalue weighted by Crippen LogP contribution is 2.35. The lowest BCUT2D eigenvalue weighted by Crippen LogP contribution is -2.17. The molecule has 0 saturated heterocycles. The topological polar surface area (TPSA) is 72.8 Å². The van der Waals surface area contributed by atoms with Gasteiger partial charge in [0.25, 0.3) is 5.91 Å². The molecule has 0 saturated carbocycles. The van der Waals surface area contributed by atoms with Crippen LogP contribution in [0.25, 0.3) is 0 Å². The van der Waals surface area contributed by atoms with E-state index in [9.17, 15) is 4.79 Å². The predicted molar refractivity (Wildman–Crippen MR) is 125 cm³/mol. The van der Waals surface area contributed by atoms with Crippen molar-refractivity contribution in [3.63, 3.8) is 0 Å². The monoisotopic (exact) mass is 535 g/mol. The van der Waals surface area contributed by atoms with Gasteiger partial charge in [-0.3, -0.25) is 9.78 Å². The third-order valence-corrected chi connectivity index (χ3v) is 5.15. The summed E-state index contributed by atoms with van der Waals surface area (Å²) in [5.41, 5.74) is 4.64. The Balaban J connectivity index is 1.73. The Kier molecular flexibility index (Phi) is 8.04. The molecule has 0 unspecified atom stereocenters. The quantitative estimate of drug-likeness (QED) is 0.248. The van der Waals surface area contributed by atoms with E-state index in [0.29, 0.717) is 35.3 Å². The summed E-state index contributed by atoms with van der Waals surface area (Å²) >= 11 is 8.40. The van der Waals surface area contributed by atoms with Crippen LogP contribution in [0.3, 0.4) is 0 Å². The lowest BCUT2D eigenvalue weighted by atomic mass is 10.2. The van der Waals surface area contributed by atoms with E-state index in [0.717, 1.165) is 14.7 Å². The molecule has 0 bridgehead atoms. The third kappa shape index (κ3) is 5.93. The Bertz CT molecular complexity index is 1050. The van der Waals surface area contributed by atoms with Gasteiger partial charge in [0, 0.05) is 28.5 Å². The molecule has 3 rings (SSSR count). The second kappa shape index (κ2) is 10.9. The van der Waals surface area contributed by atoms with Crippen molar-refractivity contribution in [3.05, 3.63) is 86.2 Å². The van der Waals surface area contributed by atoms with Gasteiger partial charge in [-0.2, -0.15) is 5.10 Å². The fourth-order valence-corrected chi connectivity index (χ4v) is 3.54. The van der Waals surface area contributed by atoms with Gasteiger partial charge in [0.1, 0.15) is 6.61 Å². The van der Waals surface area contributed by atoms with E-state index in [4.69, 9.17) is 21.1 Å². The van der Waals surface area contributed by atoms with Crippen LogP contribution in [0.4, 0.5) is 0 Å². The molecule has 6 nitrogen and oxygen atoms in total. The minimum absolute atomic E-state index is 0.312. The zero-order valence-electron chi connectivity index (χ0n) is 16.1. The van der Waals surface area contributed by atoms with Crippen molar-refractivity contribution in [2.24, 2.45) is 5.10 Å². The van der Waals surface area contributed by atoms with Gasteiger partial charge in [0.15, 0.2) is 11.5 Å². The molecule has 0 aliphatic rings. The Labute approximate surface area is 193 Å². The molecule has 3 aromatic rings. The second-order valence-corrected chi connectivity index (χ2v) is 7.65. The summed E-state index contributed by atoms with van der Waals surface area (Å²) in [5.74, 6) is 0.918. The number of hydrogen-bond acceptors (Lipinski definition) is 5. The highest BCUT2D eigenvalue weighted by molar-refractivity contribution is 14.1. The summed E-state index contributed by atoms with van der Waals surface area (Å²) in [4.78, 5) is 16.0. The first-order chi connectivity index (χ1) is 14.6. The fourth-order valence-electron chi connectivity index (χ4n) is 2.56. The smallest absolute Gasteiger partial charge is 0.271 e. The Morgan fingerprint density at radius 2 is 1.97 bits per heavy atom. The van der Waals surface area contributed by atoms with Crippen molar-refractivity contribution in [2.45, 2.75) is 13.5 Å². The minimum atomic E-state index is -0.312. The molecule has 0 aliphatic heterocycles. The largest absolute Gasteiger partial charge is 0.490 e. The first-order valence-corrected chi connectivity index (χ1v) is 10.6. The maximum Gasteiger partial charge on any atom is 0.271 e. The standard InChI is InChI=1S/C22H19ClIN3O3/c1-2-29-20-12-15(13-26-27-22(28)16-7-9-25-10-8-16)11-19(24)21(20)30-14-17-5-3-4-6-18(17)23/h3-13H,2,14H2,1H3,(H,27,28)/b26-13+. The van der Waals surface area contributed by atoms with Crippen LogP contribution in [0.15, 0.2) is 66.0 Å². The number of halogens is 2. The first kappa shape index (κ1) is 22.0. The molecule has 0 radical (unpaired) electrons. The summed E-state index contributed by atoms with van der Waals surface area (Å²) < 4.78 is 12.6. The highest BCUT2D eigenvalue weighted by atomic mass is 127. The van der Waals surface area contributed by atoms with E-state index >= 15 is 0 Å². The molecule has 8 heteroatoms. The number of benzene rings is 2. The predicted octanol–water partition coefficient (Wildman–Crippen LogP) is 5.08. The Hall–Kier alpha value is -2.65. The number of rotatable bonds is 8.